The molecule has 1 rings (SSSR count). The molecule has 1 heterocycles. The molecule has 1 aromatic rings. The van der Waals surface area contributed by atoms with Crippen molar-refractivity contribution < 1.29 is 13.2 Å². The number of aromatic nitrogens is 1. The Morgan fingerprint density at radius 3 is 2.63 bits per heavy atom. The molecule has 8 heteroatoms. The van der Waals surface area contributed by atoms with Crippen LogP contribution in [-0.2, 0) is 14.8 Å². The topological polar surface area (TPSA) is 68.3 Å². The molecule has 5 nitrogen and oxygen atoms in total. The summed E-state index contributed by atoms with van der Waals surface area (Å²) >= 11 is 6.67. The van der Waals surface area contributed by atoms with Gasteiger partial charge >= 0.3 is 0 Å². The lowest BCUT2D eigenvalue weighted by molar-refractivity contribution is 0.130. The van der Waals surface area contributed by atoms with E-state index >= 15 is 0 Å². The molecule has 0 aliphatic rings. The van der Waals surface area contributed by atoms with Crippen LogP contribution in [0.2, 0.25) is 4.47 Å². The minimum absolute atomic E-state index is 0.185. The van der Waals surface area contributed by atoms with Crippen molar-refractivity contribution in [2.24, 2.45) is 0 Å². The molecule has 0 saturated carbocycles. The number of rotatable bonds is 9. The van der Waals surface area contributed by atoms with Crippen molar-refractivity contribution in [3.8, 4) is 0 Å². The van der Waals surface area contributed by atoms with E-state index in [-0.39, 0.29) is 8.68 Å². The first-order valence-corrected chi connectivity index (χ1v) is 8.85. The van der Waals surface area contributed by atoms with Crippen LogP contribution in [0.5, 0.6) is 0 Å². The molecule has 0 spiro atoms. The fourth-order valence-corrected chi connectivity index (χ4v) is 4.25. The lowest BCUT2D eigenvalue weighted by Gasteiger charge is -2.06. The third-order valence-electron chi connectivity index (χ3n) is 2.37. The molecule has 1 aromatic heterocycles. The van der Waals surface area contributed by atoms with Gasteiger partial charge in [-0.25, -0.2) is 18.1 Å². The van der Waals surface area contributed by atoms with Gasteiger partial charge in [0.25, 0.3) is 10.0 Å². The summed E-state index contributed by atoms with van der Waals surface area (Å²) in [5.74, 6) is 0. The largest absolute Gasteiger partial charge is 0.381 e. The molecular formula is C11H19ClN2O3S2. The number of halogens is 1. The van der Waals surface area contributed by atoms with E-state index in [2.05, 4.69) is 16.6 Å². The third kappa shape index (κ3) is 5.74. The number of hydrogen-bond acceptors (Lipinski definition) is 5. The Kier molecular flexibility index (Phi) is 7.23. The van der Waals surface area contributed by atoms with Crippen LogP contribution in [0.3, 0.4) is 0 Å². The molecule has 19 heavy (non-hydrogen) atoms. The molecule has 0 amide bonds. The Morgan fingerprint density at radius 2 is 2.05 bits per heavy atom. The Bertz CT molecular complexity index is 488. The normalized spacial score (nSPS) is 11.9. The summed E-state index contributed by atoms with van der Waals surface area (Å²) in [7, 11) is -3.50. The van der Waals surface area contributed by atoms with Crippen molar-refractivity contribution in [3.63, 3.8) is 0 Å². The molecule has 0 aliphatic heterocycles. The first-order chi connectivity index (χ1) is 8.97. The summed E-state index contributed by atoms with van der Waals surface area (Å²) in [5.41, 5.74) is 0.432. The molecule has 0 fully saturated rings. The summed E-state index contributed by atoms with van der Waals surface area (Å²) in [6.45, 7) is 5.37. The van der Waals surface area contributed by atoms with Gasteiger partial charge in [0.2, 0.25) is 0 Å². The second kappa shape index (κ2) is 8.16. The van der Waals surface area contributed by atoms with Gasteiger partial charge in [0.15, 0.2) is 8.68 Å². The average molecular weight is 327 g/mol. The molecule has 110 valence electrons. The highest BCUT2D eigenvalue weighted by atomic mass is 35.5. The average Bonchev–Trinajstić information content (AvgIpc) is 2.68. The number of nitrogens with zero attached hydrogens (tertiary/aromatic N) is 1. The fraction of sp³-hybridized carbons (Fsp3) is 0.727. The molecule has 0 aliphatic carbocycles. The highest BCUT2D eigenvalue weighted by molar-refractivity contribution is 7.91. The van der Waals surface area contributed by atoms with Gasteiger partial charge in [0.05, 0.1) is 5.69 Å². The van der Waals surface area contributed by atoms with E-state index in [0.29, 0.717) is 25.3 Å². The number of unbranched alkanes of at least 4 members (excludes halogenated alkanes) is 1. The molecule has 0 bridgehead atoms. The van der Waals surface area contributed by atoms with Crippen LogP contribution in [0.25, 0.3) is 0 Å². The van der Waals surface area contributed by atoms with Crippen molar-refractivity contribution in [1.82, 2.24) is 9.71 Å². The van der Waals surface area contributed by atoms with Gasteiger partial charge in [-0.1, -0.05) is 36.3 Å². The summed E-state index contributed by atoms with van der Waals surface area (Å²) in [4.78, 5) is 3.90. The zero-order chi connectivity index (χ0) is 14.3. The maximum Gasteiger partial charge on any atom is 0.251 e. The quantitative estimate of drug-likeness (QED) is 0.708. The van der Waals surface area contributed by atoms with Crippen LogP contribution < -0.4 is 4.72 Å². The summed E-state index contributed by atoms with van der Waals surface area (Å²) in [6, 6.07) is 0. The van der Waals surface area contributed by atoms with Gasteiger partial charge in [0, 0.05) is 19.8 Å². The van der Waals surface area contributed by atoms with Gasteiger partial charge in [-0.3, -0.25) is 0 Å². The Morgan fingerprint density at radius 1 is 1.37 bits per heavy atom. The maximum absolute atomic E-state index is 12.0. The monoisotopic (exact) mass is 326 g/mol. The smallest absolute Gasteiger partial charge is 0.251 e. The molecule has 0 unspecified atom stereocenters. The maximum atomic E-state index is 12.0. The van der Waals surface area contributed by atoms with Crippen molar-refractivity contribution in [3.05, 3.63) is 10.2 Å². The number of ether oxygens (including phenoxy) is 1. The molecule has 0 saturated heterocycles. The number of sulfonamides is 1. The SMILES string of the molecule is CCCCOCCCNS(=O)(=O)c1sc(Cl)nc1C. The molecule has 0 aromatic carbocycles. The second-order valence-corrected chi connectivity index (χ2v) is 7.60. The first kappa shape index (κ1) is 16.8. The van der Waals surface area contributed by atoms with Crippen LogP contribution in [0.15, 0.2) is 4.21 Å². The van der Waals surface area contributed by atoms with Crippen molar-refractivity contribution >= 4 is 33.0 Å². The Hall–Kier alpha value is -0.210. The first-order valence-electron chi connectivity index (χ1n) is 6.17. The molecule has 1 N–H and O–H groups in total. The van der Waals surface area contributed by atoms with Crippen LogP contribution in [0, 0.1) is 6.92 Å². The second-order valence-electron chi connectivity index (χ2n) is 4.06. The Labute approximate surface area is 123 Å². The summed E-state index contributed by atoms with van der Waals surface area (Å²) in [5, 5.41) is 0. The number of hydrogen-bond donors (Lipinski definition) is 1. The third-order valence-corrected chi connectivity index (χ3v) is 5.70. The van der Waals surface area contributed by atoms with E-state index in [4.69, 9.17) is 16.3 Å². The lowest BCUT2D eigenvalue weighted by atomic mass is 10.4. The minimum Gasteiger partial charge on any atom is -0.381 e. The van der Waals surface area contributed by atoms with Crippen LogP contribution >= 0.6 is 22.9 Å². The highest BCUT2D eigenvalue weighted by Crippen LogP contribution is 2.26. The molecular weight excluding hydrogens is 308 g/mol. The predicted molar refractivity (Wildman–Crippen MR) is 77.4 cm³/mol. The fourth-order valence-electron chi connectivity index (χ4n) is 1.39. The Balaban J connectivity index is 2.34. The summed E-state index contributed by atoms with van der Waals surface area (Å²) < 4.78 is 32.2. The van der Waals surface area contributed by atoms with Crippen LogP contribution in [0.1, 0.15) is 31.9 Å². The van der Waals surface area contributed by atoms with E-state index in [9.17, 15) is 8.42 Å². The number of aryl methyl sites for hydroxylation is 1. The van der Waals surface area contributed by atoms with Crippen LogP contribution in [-0.4, -0.2) is 33.2 Å². The van der Waals surface area contributed by atoms with E-state index in [1.54, 1.807) is 6.92 Å². The lowest BCUT2D eigenvalue weighted by Crippen LogP contribution is -2.25. The van der Waals surface area contributed by atoms with Gasteiger partial charge in [-0.15, -0.1) is 0 Å². The van der Waals surface area contributed by atoms with Gasteiger partial charge in [-0.05, 0) is 19.8 Å². The zero-order valence-electron chi connectivity index (χ0n) is 11.1. The van der Waals surface area contributed by atoms with Gasteiger partial charge in [-0.2, -0.15) is 0 Å². The highest BCUT2D eigenvalue weighted by Gasteiger charge is 2.20. The predicted octanol–water partition coefficient (Wildman–Crippen LogP) is 2.59. The summed E-state index contributed by atoms with van der Waals surface area (Å²) in [6.07, 6.45) is 2.77. The number of nitrogens with one attached hydrogen (secondary N) is 1. The zero-order valence-corrected chi connectivity index (χ0v) is 13.5. The number of thiazole rings is 1. The van der Waals surface area contributed by atoms with E-state index in [1.807, 2.05) is 0 Å². The van der Waals surface area contributed by atoms with E-state index in [0.717, 1.165) is 30.8 Å². The molecule has 0 atom stereocenters. The van der Waals surface area contributed by atoms with E-state index in [1.165, 1.54) is 0 Å². The van der Waals surface area contributed by atoms with E-state index < -0.39 is 10.0 Å². The van der Waals surface area contributed by atoms with Gasteiger partial charge in [0.1, 0.15) is 0 Å². The van der Waals surface area contributed by atoms with Crippen molar-refractivity contribution in [1.29, 1.82) is 0 Å². The minimum atomic E-state index is -3.50. The van der Waals surface area contributed by atoms with Crippen LogP contribution in [0.4, 0.5) is 0 Å². The van der Waals surface area contributed by atoms with Crippen molar-refractivity contribution in [2.45, 2.75) is 37.3 Å². The standard InChI is InChI=1S/C11H19ClN2O3S2/c1-3-4-7-17-8-5-6-13-19(15,16)10-9(2)14-11(12)18-10/h13H,3-8H2,1-2H3. The molecule has 0 radical (unpaired) electrons. The van der Waals surface area contributed by atoms with Crippen molar-refractivity contribution in [2.75, 3.05) is 19.8 Å². The van der Waals surface area contributed by atoms with Gasteiger partial charge < -0.3 is 4.74 Å².